The summed E-state index contributed by atoms with van der Waals surface area (Å²) in [4.78, 5) is 0. The molecular formula is C21H40O3Si3. The standard InChI is InChI=1S/C11H16O.C10H24O2Si3/c1-3-4-7-10-8-5-6-9(2)11(10)12;1-9-15(8,10-2)12-14(6,7)11-13(3,4)5/h5-6,8,12H,3-4,7H2,1-2H3;9-10H,1-2H2,3-8H3. The van der Waals surface area contributed by atoms with Gasteiger partial charge < -0.3 is 13.3 Å². The van der Waals surface area contributed by atoms with Crippen LogP contribution >= 0.6 is 0 Å². The number of rotatable bonds is 9. The van der Waals surface area contributed by atoms with Crippen molar-refractivity contribution in [2.75, 3.05) is 0 Å². The van der Waals surface area contributed by atoms with Crippen molar-refractivity contribution in [1.29, 1.82) is 0 Å². The Labute approximate surface area is 170 Å². The molecule has 0 aromatic heterocycles. The number of hydrogen-bond donors (Lipinski definition) is 1. The summed E-state index contributed by atoms with van der Waals surface area (Å²) in [5, 5.41) is 9.62. The predicted octanol–water partition coefficient (Wildman–Crippen LogP) is 6.63. The van der Waals surface area contributed by atoms with E-state index in [-0.39, 0.29) is 0 Å². The number of unbranched alkanes of at least 4 members (excludes halogenated alkanes) is 1. The van der Waals surface area contributed by atoms with Gasteiger partial charge in [0, 0.05) is 0 Å². The molecule has 1 aromatic rings. The van der Waals surface area contributed by atoms with Crippen LogP contribution in [-0.4, -0.2) is 30.3 Å². The van der Waals surface area contributed by atoms with Crippen molar-refractivity contribution < 1.29 is 13.3 Å². The summed E-state index contributed by atoms with van der Waals surface area (Å²) in [6.45, 7) is 24.6. The smallest absolute Gasteiger partial charge is 0.311 e. The fraction of sp³-hybridized carbons (Fsp3) is 0.524. The van der Waals surface area contributed by atoms with E-state index in [1.54, 1.807) is 0 Å². The third-order valence-electron chi connectivity index (χ3n) is 3.95. The van der Waals surface area contributed by atoms with E-state index in [4.69, 9.17) is 8.23 Å². The molecule has 0 bridgehead atoms. The van der Waals surface area contributed by atoms with Gasteiger partial charge in [-0.2, -0.15) is 0 Å². The van der Waals surface area contributed by atoms with Gasteiger partial charge in [0.1, 0.15) is 5.75 Å². The van der Waals surface area contributed by atoms with E-state index < -0.39 is 25.2 Å². The van der Waals surface area contributed by atoms with E-state index >= 15 is 0 Å². The molecule has 0 amide bonds. The largest absolute Gasteiger partial charge is 0.507 e. The molecule has 0 fully saturated rings. The SMILES string of the molecule is C=C[Si](C)(C=C)O[Si](C)(C)O[Si](C)(C)C.CCCCc1cccc(C)c1O. The quantitative estimate of drug-likeness (QED) is 0.452. The van der Waals surface area contributed by atoms with Crippen molar-refractivity contribution in [1.82, 2.24) is 0 Å². The minimum absolute atomic E-state index is 0.478. The molecule has 0 aliphatic rings. The first-order valence-corrected chi connectivity index (χ1v) is 18.5. The lowest BCUT2D eigenvalue weighted by Gasteiger charge is -2.36. The second-order valence-corrected chi connectivity index (χ2v) is 20.3. The first-order chi connectivity index (χ1) is 12.3. The van der Waals surface area contributed by atoms with Crippen LogP contribution in [-0.2, 0) is 14.7 Å². The zero-order valence-corrected chi connectivity index (χ0v) is 21.7. The number of phenols is 1. The average Bonchev–Trinajstić information content (AvgIpc) is 2.54. The molecule has 3 nitrogen and oxygen atoms in total. The molecule has 0 spiro atoms. The highest BCUT2D eigenvalue weighted by atomic mass is 28.5. The number of hydrogen-bond acceptors (Lipinski definition) is 3. The Morgan fingerprint density at radius 1 is 1.00 bits per heavy atom. The summed E-state index contributed by atoms with van der Waals surface area (Å²) in [6, 6.07) is 5.93. The second kappa shape index (κ2) is 11.2. The molecule has 0 atom stereocenters. The van der Waals surface area contributed by atoms with Crippen LogP contribution in [0.25, 0.3) is 0 Å². The molecule has 154 valence electrons. The third-order valence-corrected chi connectivity index (χ3v) is 13.7. The molecule has 0 aliphatic carbocycles. The fourth-order valence-electron chi connectivity index (χ4n) is 2.74. The Bertz CT molecular complexity index is 599. The topological polar surface area (TPSA) is 38.7 Å². The van der Waals surface area contributed by atoms with Gasteiger partial charge in [-0.25, -0.2) is 0 Å². The number of para-hydroxylation sites is 1. The van der Waals surface area contributed by atoms with Gasteiger partial charge in [-0.3, -0.25) is 0 Å². The zero-order chi connectivity index (χ0) is 21.3. The van der Waals surface area contributed by atoms with Crippen LogP contribution in [0.1, 0.15) is 30.9 Å². The van der Waals surface area contributed by atoms with Gasteiger partial charge in [0.2, 0.25) is 8.32 Å². The van der Waals surface area contributed by atoms with Crippen LogP contribution in [0.15, 0.2) is 42.8 Å². The average molecular weight is 425 g/mol. The molecule has 0 radical (unpaired) electrons. The molecule has 1 N–H and O–H groups in total. The van der Waals surface area contributed by atoms with Crippen molar-refractivity contribution in [2.45, 2.75) is 72.4 Å². The van der Waals surface area contributed by atoms with Gasteiger partial charge >= 0.3 is 8.56 Å². The van der Waals surface area contributed by atoms with E-state index in [0.29, 0.717) is 5.75 Å². The summed E-state index contributed by atoms with van der Waals surface area (Å²) >= 11 is 0. The van der Waals surface area contributed by atoms with Crippen LogP contribution < -0.4 is 0 Å². The van der Waals surface area contributed by atoms with Crippen molar-refractivity contribution in [2.24, 2.45) is 0 Å². The van der Waals surface area contributed by atoms with Crippen LogP contribution in [0.5, 0.6) is 5.75 Å². The molecule has 0 saturated heterocycles. The van der Waals surface area contributed by atoms with Gasteiger partial charge in [-0.15, -0.1) is 13.2 Å². The van der Waals surface area contributed by atoms with Gasteiger partial charge in [0.05, 0.1) is 0 Å². The minimum Gasteiger partial charge on any atom is -0.507 e. The summed E-state index contributed by atoms with van der Waals surface area (Å²) in [7, 11) is -5.51. The maximum absolute atomic E-state index is 9.62. The monoisotopic (exact) mass is 424 g/mol. The van der Waals surface area contributed by atoms with Crippen LogP contribution in [0.2, 0.25) is 39.3 Å². The van der Waals surface area contributed by atoms with E-state index in [1.807, 2.05) is 36.5 Å². The highest BCUT2D eigenvalue weighted by Crippen LogP contribution is 2.23. The van der Waals surface area contributed by atoms with Crippen molar-refractivity contribution in [3.05, 3.63) is 53.9 Å². The summed E-state index contributed by atoms with van der Waals surface area (Å²) in [5.41, 5.74) is 5.87. The highest BCUT2D eigenvalue weighted by Gasteiger charge is 2.37. The zero-order valence-electron chi connectivity index (χ0n) is 18.7. The first-order valence-electron chi connectivity index (χ1n) is 9.74. The molecular weight excluding hydrogens is 384 g/mol. The van der Waals surface area contributed by atoms with Crippen molar-refractivity contribution in [3.8, 4) is 5.75 Å². The number of aryl methyl sites for hydroxylation is 2. The van der Waals surface area contributed by atoms with Crippen LogP contribution in [0, 0.1) is 6.92 Å². The van der Waals surface area contributed by atoms with Gasteiger partial charge in [-0.05, 0) is 70.2 Å². The molecule has 1 aromatic carbocycles. The lowest BCUT2D eigenvalue weighted by Crippen LogP contribution is -2.51. The Balaban J connectivity index is 0.000000511. The Hall–Kier alpha value is -0.929. The predicted molar refractivity (Wildman–Crippen MR) is 126 cm³/mol. The molecule has 0 saturated carbocycles. The fourth-order valence-corrected chi connectivity index (χ4v) is 14.3. The first kappa shape index (κ1) is 26.1. The van der Waals surface area contributed by atoms with Gasteiger partial charge in [0.15, 0.2) is 8.32 Å². The molecule has 6 heteroatoms. The van der Waals surface area contributed by atoms with Gasteiger partial charge in [0.25, 0.3) is 0 Å². The lowest BCUT2D eigenvalue weighted by molar-refractivity contribution is 0.400. The van der Waals surface area contributed by atoms with E-state index in [1.165, 1.54) is 6.42 Å². The Morgan fingerprint density at radius 2 is 1.56 bits per heavy atom. The van der Waals surface area contributed by atoms with E-state index in [0.717, 1.165) is 24.0 Å². The Kier molecular flexibility index (Phi) is 10.8. The Morgan fingerprint density at radius 3 is 2.00 bits per heavy atom. The third kappa shape index (κ3) is 10.8. The van der Waals surface area contributed by atoms with Crippen LogP contribution in [0.4, 0.5) is 0 Å². The normalized spacial score (nSPS) is 12.1. The van der Waals surface area contributed by atoms with Gasteiger partial charge in [-0.1, -0.05) is 42.9 Å². The van der Waals surface area contributed by atoms with E-state index in [9.17, 15) is 5.11 Å². The lowest BCUT2D eigenvalue weighted by atomic mass is 10.0. The summed E-state index contributed by atoms with van der Waals surface area (Å²) < 4.78 is 12.3. The maximum atomic E-state index is 9.62. The molecule has 1 rings (SSSR count). The number of aromatic hydroxyl groups is 1. The second-order valence-electron chi connectivity index (χ2n) is 8.49. The van der Waals surface area contributed by atoms with Crippen molar-refractivity contribution >= 4 is 25.2 Å². The number of phenolic OH excluding ortho intramolecular Hbond substituents is 1. The van der Waals surface area contributed by atoms with Crippen LogP contribution in [0.3, 0.4) is 0 Å². The number of benzene rings is 1. The summed E-state index contributed by atoms with van der Waals surface area (Å²) in [5.74, 6) is 0.478. The highest BCUT2D eigenvalue weighted by molar-refractivity contribution is 6.91. The molecule has 0 unspecified atom stereocenters. The summed E-state index contributed by atoms with van der Waals surface area (Å²) in [6.07, 6.45) is 3.31. The van der Waals surface area contributed by atoms with E-state index in [2.05, 4.69) is 59.4 Å². The molecule has 27 heavy (non-hydrogen) atoms. The molecule has 0 heterocycles. The molecule has 0 aliphatic heterocycles. The van der Waals surface area contributed by atoms with Crippen molar-refractivity contribution in [3.63, 3.8) is 0 Å². The maximum Gasteiger partial charge on any atom is 0.311 e. The minimum atomic E-state index is -2.04.